The molecule has 6 nitrogen and oxygen atoms in total. The van der Waals surface area contributed by atoms with Gasteiger partial charge in [0.1, 0.15) is 5.76 Å². The summed E-state index contributed by atoms with van der Waals surface area (Å²) in [5.41, 5.74) is 0. The van der Waals surface area contributed by atoms with Crippen molar-refractivity contribution in [2.24, 2.45) is 0 Å². The van der Waals surface area contributed by atoms with E-state index in [0.29, 0.717) is 6.54 Å². The molecule has 1 N–H and O–H groups in total. The number of rotatable bonds is 9. The van der Waals surface area contributed by atoms with E-state index in [1.54, 1.807) is 19.2 Å². The van der Waals surface area contributed by atoms with E-state index in [1.807, 2.05) is 7.05 Å². The molecule has 1 rings (SSSR count). The van der Waals surface area contributed by atoms with Crippen molar-refractivity contribution in [1.82, 2.24) is 10.2 Å². The molecule has 0 atom stereocenters. The second-order valence-electron chi connectivity index (χ2n) is 4.23. The summed E-state index contributed by atoms with van der Waals surface area (Å²) in [5, 5.41) is 3.25. The number of ether oxygens (including phenoxy) is 2. The summed E-state index contributed by atoms with van der Waals surface area (Å²) in [4.78, 5) is 13.4. The minimum atomic E-state index is -0.453. The van der Waals surface area contributed by atoms with Crippen LogP contribution in [0.3, 0.4) is 0 Å². The number of hydrogen-bond donors (Lipinski definition) is 1. The molecule has 1 aromatic rings. The van der Waals surface area contributed by atoms with E-state index < -0.39 is 5.97 Å². The summed E-state index contributed by atoms with van der Waals surface area (Å²) in [6.45, 7) is 4.00. The van der Waals surface area contributed by atoms with Crippen molar-refractivity contribution in [2.75, 3.05) is 47.5 Å². The molecule has 108 valence electrons. The van der Waals surface area contributed by atoms with Crippen LogP contribution in [0.5, 0.6) is 0 Å². The first-order chi connectivity index (χ1) is 9.17. The standard InChI is InChI=1S/C13H22N2O4/c1-15(8-9-17-2)7-6-14-10-11-4-5-12(19-11)13(16)18-3/h4-5,14H,6-10H2,1-3H3. The molecule has 0 aliphatic heterocycles. The molecular formula is C13H22N2O4. The lowest BCUT2D eigenvalue weighted by Gasteiger charge is -2.15. The molecule has 6 heteroatoms. The Hall–Kier alpha value is -1.37. The number of hydrogen-bond acceptors (Lipinski definition) is 6. The van der Waals surface area contributed by atoms with Crippen LogP contribution in [0.4, 0.5) is 0 Å². The van der Waals surface area contributed by atoms with Gasteiger partial charge in [0.05, 0.1) is 20.3 Å². The van der Waals surface area contributed by atoms with Gasteiger partial charge < -0.3 is 24.1 Å². The molecule has 1 aromatic heterocycles. The Bertz CT molecular complexity index is 378. The summed E-state index contributed by atoms with van der Waals surface area (Å²) in [5.74, 6) is 0.502. The van der Waals surface area contributed by atoms with Gasteiger partial charge in [-0.2, -0.15) is 0 Å². The van der Waals surface area contributed by atoms with Crippen molar-refractivity contribution in [3.05, 3.63) is 23.7 Å². The maximum Gasteiger partial charge on any atom is 0.373 e. The third-order valence-corrected chi connectivity index (χ3v) is 2.69. The Morgan fingerprint density at radius 1 is 1.37 bits per heavy atom. The van der Waals surface area contributed by atoms with Crippen LogP contribution in [0.1, 0.15) is 16.3 Å². The zero-order valence-corrected chi connectivity index (χ0v) is 11.8. The smallest absolute Gasteiger partial charge is 0.373 e. The van der Waals surface area contributed by atoms with Gasteiger partial charge in [-0.1, -0.05) is 0 Å². The van der Waals surface area contributed by atoms with E-state index in [-0.39, 0.29) is 5.76 Å². The predicted octanol–water partition coefficient (Wildman–Crippen LogP) is 0.734. The summed E-state index contributed by atoms with van der Waals surface area (Å²) >= 11 is 0. The van der Waals surface area contributed by atoms with Crippen LogP contribution < -0.4 is 5.32 Å². The van der Waals surface area contributed by atoms with E-state index >= 15 is 0 Å². The van der Waals surface area contributed by atoms with Gasteiger partial charge in [0.25, 0.3) is 0 Å². The summed E-state index contributed by atoms with van der Waals surface area (Å²) in [6.07, 6.45) is 0. The predicted molar refractivity (Wildman–Crippen MR) is 71.1 cm³/mol. The van der Waals surface area contributed by atoms with Gasteiger partial charge in [-0.25, -0.2) is 4.79 Å². The highest BCUT2D eigenvalue weighted by molar-refractivity contribution is 5.86. The molecule has 0 fully saturated rings. The molecule has 0 aliphatic rings. The van der Waals surface area contributed by atoms with Gasteiger partial charge in [0, 0.05) is 26.7 Å². The average molecular weight is 270 g/mol. The lowest BCUT2D eigenvalue weighted by atomic mass is 10.4. The first-order valence-corrected chi connectivity index (χ1v) is 6.22. The first-order valence-electron chi connectivity index (χ1n) is 6.22. The number of likely N-dealkylation sites (N-methyl/N-ethyl adjacent to an activating group) is 1. The van der Waals surface area contributed by atoms with Crippen molar-refractivity contribution in [3.8, 4) is 0 Å². The number of nitrogens with one attached hydrogen (secondary N) is 1. The van der Waals surface area contributed by atoms with E-state index in [4.69, 9.17) is 9.15 Å². The SMILES string of the molecule is COCCN(C)CCNCc1ccc(C(=O)OC)o1. The molecule has 0 aromatic carbocycles. The largest absolute Gasteiger partial charge is 0.463 e. The Balaban J connectivity index is 2.19. The minimum absolute atomic E-state index is 0.233. The fourth-order valence-corrected chi connectivity index (χ4v) is 1.52. The van der Waals surface area contributed by atoms with Crippen molar-refractivity contribution in [3.63, 3.8) is 0 Å². The normalized spacial score (nSPS) is 10.9. The van der Waals surface area contributed by atoms with Crippen molar-refractivity contribution < 1.29 is 18.7 Å². The third kappa shape index (κ3) is 5.87. The fourth-order valence-electron chi connectivity index (χ4n) is 1.52. The first kappa shape index (κ1) is 15.7. The van der Waals surface area contributed by atoms with Crippen LogP contribution in [0, 0.1) is 0 Å². The zero-order valence-electron chi connectivity index (χ0n) is 11.8. The number of carbonyl (C=O) groups excluding carboxylic acids is 1. The van der Waals surface area contributed by atoms with E-state index in [1.165, 1.54) is 7.11 Å². The number of esters is 1. The molecule has 0 saturated heterocycles. The van der Waals surface area contributed by atoms with E-state index in [0.717, 1.165) is 32.0 Å². The molecule has 1 heterocycles. The molecule has 0 saturated carbocycles. The van der Waals surface area contributed by atoms with E-state index in [2.05, 4.69) is 15.0 Å². The molecule has 0 bridgehead atoms. The van der Waals surface area contributed by atoms with Gasteiger partial charge in [-0.15, -0.1) is 0 Å². The van der Waals surface area contributed by atoms with E-state index in [9.17, 15) is 4.79 Å². The van der Waals surface area contributed by atoms with Crippen LogP contribution in [0.25, 0.3) is 0 Å². The van der Waals surface area contributed by atoms with Gasteiger partial charge in [0.2, 0.25) is 5.76 Å². The van der Waals surface area contributed by atoms with Crippen LogP contribution >= 0.6 is 0 Å². The van der Waals surface area contributed by atoms with Crippen LogP contribution in [0.15, 0.2) is 16.5 Å². The molecular weight excluding hydrogens is 248 g/mol. The van der Waals surface area contributed by atoms with Gasteiger partial charge in [0.15, 0.2) is 0 Å². The van der Waals surface area contributed by atoms with Crippen molar-refractivity contribution in [2.45, 2.75) is 6.54 Å². The Kier molecular flexibility index (Phi) is 7.17. The van der Waals surface area contributed by atoms with Gasteiger partial charge >= 0.3 is 5.97 Å². The number of methoxy groups -OCH3 is 2. The Morgan fingerprint density at radius 3 is 2.84 bits per heavy atom. The van der Waals surface area contributed by atoms with Crippen molar-refractivity contribution in [1.29, 1.82) is 0 Å². The average Bonchev–Trinajstić information content (AvgIpc) is 2.89. The van der Waals surface area contributed by atoms with Crippen LogP contribution in [-0.2, 0) is 16.0 Å². The van der Waals surface area contributed by atoms with Crippen molar-refractivity contribution >= 4 is 5.97 Å². The maximum atomic E-state index is 11.2. The third-order valence-electron chi connectivity index (χ3n) is 2.69. The number of furan rings is 1. The lowest BCUT2D eigenvalue weighted by molar-refractivity contribution is 0.0563. The molecule has 0 unspecified atom stereocenters. The summed E-state index contributed by atoms with van der Waals surface area (Å²) in [6, 6.07) is 3.39. The number of nitrogens with zero attached hydrogens (tertiary/aromatic N) is 1. The van der Waals surface area contributed by atoms with Gasteiger partial charge in [-0.3, -0.25) is 0 Å². The molecule has 0 radical (unpaired) electrons. The lowest BCUT2D eigenvalue weighted by Crippen LogP contribution is -2.31. The van der Waals surface area contributed by atoms with Crippen LogP contribution in [0.2, 0.25) is 0 Å². The highest BCUT2D eigenvalue weighted by Gasteiger charge is 2.10. The Morgan fingerprint density at radius 2 is 2.16 bits per heavy atom. The Labute approximate surface area is 113 Å². The second-order valence-corrected chi connectivity index (χ2v) is 4.23. The zero-order chi connectivity index (χ0) is 14.1. The second kappa shape index (κ2) is 8.68. The quantitative estimate of drug-likeness (QED) is 0.527. The fraction of sp³-hybridized carbons (Fsp3) is 0.615. The van der Waals surface area contributed by atoms with Gasteiger partial charge in [-0.05, 0) is 19.2 Å². The monoisotopic (exact) mass is 270 g/mol. The molecule has 0 amide bonds. The molecule has 0 spiro atoms. The minimum Gasteiger partial charge on any atom is -0.463 e. The maximum absolute atomic E-state index is 11.2. The summed E-state index contributed by atoms with van der Waals surface area (Å²) < 4.78 is 14.9. The van der Waals surface area contributed by atoms with Crippen LogP contribution in [-0.4, -0.2) is 58.4 Å². The highest BCUT2D eigenvalue weighted by Crippen LogP contribution is 2.08. The molecule has 19 heavy (non-hydrogen) atoms. The summed E-state index contributed by atoms with van der Waals surface area (Å²) in [7, 11) is 5.07. The topological polar surface area (TPSA) is 63.9 Å². The highest BCUT2D eigenvalue weighted by atomic mass is 16.5. The molecule has 0 aliphatic carbocycles. The number of carbonyl (C=O) groups is 1.